The minimum atomic E-state index is -0.693. The third-order valence-electron chi connectivity index (χ3n) is 3.94. The van der Waals surface area contributed by atoms with Gasteiger partial charge in [0.2, 0.25) is 0 Å². The maximum Gasteiger partial charge on any atom is 0.317 e. The highest BCUT2D eigenvalue weighted by Gasteiger charge is 2.31. The zero-order valence-corrected chi connectivity index (χ0v) is 13.7. The van der Waals surface area contributed by atoms with Crippen LogP contribution in [0.5, 0.6) is 0 Å². The first-order valence-electron chi connectivity index (χ1n) is 7.75. The number of hydrogen-bond donors (Lipinski definition) is 2. The Bertz CT molecular complexity index is 470. The highest BCUT2D eigenvalue weighted by Crippen LogP contribution is 2.32. The minimum Gasteiger partial charge on any atom is -0.480 e. The maximum atomic E-state index is 11.5. The van der Waals surface area contributed by atoms with Crippen molar-refractivity contribution in [2.24, 2.45) is 11.8 Å². The minimum absolute atomic E-state index is 0.229. The molecule has 1 aromatic carbocycles. The van der Waals surface area contributed by atoms with Crippen LogP contribution in [0.1, 0.15) is 32.3 Å². The van der Waals surface area contributed by atoms with Crippen LogP contribution < -0.4 is 5.32 Å². The molecule has 2 atom stereocenters. The molecule has 0 aromatic heterocycles. The average Bonchev–Trinajstić information content (AvgIpc) is 2.96. The number of hydrogen-bond acceptors (Lipinski definition) is 3. The number of aryl methyl sites for hydroxylation is 1. The van der Waals surface area contributed by atoms with Gasteiger partial charge in [0.1, 0.15) is 5.25 Å². The molecule has 1 aromatic rings. The van der Waals surface area contributed by atoms with Gasteiger partial charge in [-0.3, -0.25) is 4.79 Å². The summed E-state index contributed by atoms with van der Waals surface area (Å²) in [6, 6.07) is 8.37. The molecule has 0 aliphatic carbocycles. The number of benzene rings is 1. The van der Waals surface area contributed by atoms with Crippen molar-refractivity contribution in [1.82, 2.24) is 5.32 Å². The van der Waals surface area contributed by atoms with E-state index < -0.39 is 5.97 Å². The van der Waals surface area contributed by atoms with Gasteiger partial charge in [-0.25, -0.2) is 0 Å². The molecule has 0 saturated carbocycles. The van der Waals surface area contributed by atoms with E-state index in [-0.39, 0.29) is 11.2 Å². The number of carbonyl (C=O) groups is 1. The lowest BCUT2D eigenvalue weighted by atomic mass is 10.0. The smallest absolute Gasteiger partial charge is 0.317 e. The standard InChI is InChI=1S/C17H25NO2S/c1-12(2)6-7-13-4-3-5-15(10-13)21-16(17(19)20)14-8-9-18-11-14/h3-5,10,12,14,16,18H,6-9,11H2,1-2H3,(H,19,20)/t14-,16+/m1/s1. The molecule has 1 fully saturated rings. The highest BCUT2D eigenvalue weighted by atomic mass is 32.2. The summed E-state index contributed by atoms with van der Waals surface area (Å²) in [5, 5.41) is 12.4. The molecule has 0 bridgehead atoms. The summed E-state index contributed by atoms with van der Waals surface area (Å²) in [6.07, 6.45) is 3.19. The topological polar surface area (TPSA) is 49.3 Å². The van der Waals surface area contributed by atoms with Crippen molar-refractivity contribution in [3.05, 3.63) is 29.8 Å². The van der Waals surface area contributed by atoms with Crippen molar-refractivity contribution in [3.63, 3.8) is 0 Å². The quantitative estimate of drug-likeness (QED) is 0.758. The maximum absolute atomic E-state index is 11.5. The van der Waals surface area contributed by atoms with Crippen LogP contribution >= 0.6 is 11.8 Å². The van der Waals surface area contributed by atoms with Crippen molar-refractivity contribution in [1.29, 1.82) is 0 Å². The van der Waals surface area contributed by atoms with Crippen LogP contribution in [0.15, 0.2) is 29.2 Å². The summed E-state index contributed by atoms with van der Waals surface area (Å²) >= 11 is 1.50. The molecule has 0 unspecified atom stereocenters. The molecule has 3 nitrogen and oxygen atoms in total. The van der Waals surface area contributed by atoms with Crippen molar-refractivity contribution in [3.8, 4) is 0 Å². The zero-order valence-electron chi connectivity index (χ0n) is 12.8. The number of nitrogens with one attached hydrogen (secondary N) is 1. The normalized spacial score (nSPS) is 19.9. The van der Waals surface area contributed by atoms with Crippen molar-refractivity contribution >= 4 is 17.7 Å². The van der Waals surface area contributed by atoms with E-state index in [1.54, 1.807) is 0 Å². The van der Waals surface area contributed by atoms with Gasteiger partial charge in [0.25, 0.3) is 0 Å². The van der Waals surface area contributed by atoms with Gasteiger partial charge >= 0.3 is 5.97 Å². The molecular weight excluding hydrogens is 282 g/mol. The fourth-order valence-electron chi connectivity index (χ4n) is 2.66. The highest BCUT2D eigenvalue weighted by molar-refractivity contribution is 8.00. The van der Waals surface area contributed by atoms with E-state index in [0.717, 1.165) is 30.8 Å². The van der Waals surface area contributed by atoms with Gasteiger partial charge in [-0.05, 0) is 61.9 Å². The second kappa shape index (κ2) is 7.85. The van der Waals surface area contributed by atoms with Crippen molar-refractivity contribution in [2.75, 3.05) is 13.1 Å². The van der Waals surface area contributed by atoms with E-state index in [1.807, 2.05) is 12.1 Å². The van der Waals surface area contributed by atoms with Gasteiger partial charge in [0.05, 0.1) is 0 Å². The Balaban J connectivity index is 2.02. The first-order valence-corrected chi connectivity index (χ1v) is 8.63. The summed E-state index contributed by atoms with van der Waals surface area (Å²) in [5.41, 5.74) is 1.31. The van der Waals surface area contributed by atoms with E-state index in [4.69, 9.17) is 0 Å². The lowest BCUT2D eigenvalue weighted by molar-refractivity contribution is -0.137. The number of carboxylic acid groups (broad SMARTS) is 1. The van der Waals surface area contributed by atoms with E-state index in [1.165, 1.54) is 23.7 Å². The molecule has 1 heterocycles. The Kier molecular flexibility index (Phi) is 6.12. The van der Waals surface area contributed by atoms with Gasteiger partial charge in [0.15, 0.2) is 0 Å². The van der Waals surface area contributed by atoms with Gasteiger partial charge < -0.3 is 10.4 Å². The Morgan fingerprint density at radius 1 is 1.48 bits per heavy atom. The number of rotatable bonds is 7. The average molecular weight is 307 g/mol. The first-order chi connectivity index (χ1) is 10.1. The van der Waals surface area contributed by atoms with Crippen LogP contribution in [-0.4, -0.2) is 29.4 Å². The Morgan fingerprint density at radius 3 is 2.90 bits per heavy atom. The molecule has 1 aliphatic heterocycles. The first kappa shape index (κ1) is 16.4. The Morgan fingerprint density at radius 2 is 2.29 bits per heavy atom. The van der Waals surface area contributed by atoms with Crippen LogP contribution in [0.4, 0.5) is 0 Å². The van der Waals surface area contributed by atoms with Gasteiger partial charge in [-0.2, -0.15) is 0 Å². The Hall–Kier alpha value is -1.00. The third-order valence-corrected chi connectivity index (χ3v) is 5.31. The molecule has 2 rings (SSSR count). The fraction of sp³-hybridized carbons (Fsp3) is 0.588. The molecule has 0 radical (unpaired) electrons. The Labute approximate surface area is 131 Å². The van der Waals surface area contributed by atoms with Crippen LogP contribution in [0.2, 0.25) is 0 Å². The molecule has 116 valence electrons. The van der Waals surface area contributed by atoms with Crippen molar-refractivity contribution < 1.29 is 9.90 Å². The van der Waals surface area contributed by atoms with Gasteiger partial charge in [-0.1, -0.05) is 26.0 Å². The second-order valence-electron chi connectivity index (χ2n) is 6.21. The zero-order chi connectivity index (χ0) is 15.2. The summed E-state index contributed by atoms with van der Waals surface area (Å²) in [6.45, 7) is 6.21. The van der Waals surface area contributed by atoms with Crippen molar-refractivity contribution in [2.45, 2.75) is 43.3 Å². The molecule has 0 amide bonds. The van der Waals surface area contributed by atoms with E-state index >= 15 is 0 Å². The largest absolute Gasteiger partial charge is 0.480 e. The van der Waals surface area contributed by atoms with E-state index in [0.29, 0.717) is 5.92 Å². The molecule has 4 heteroatoms. The van der Waals surface area contributed by atoms with Crippen LogP contribution in [0.3, 0.4) is 0 Å². The van der Waals surface area contributed by atoms with Gasteiger partial charge in [-0.15, -0.1) is 11.8 Å². The SMILES string of the molecule is CC(C)CCc1cccc(S[C@H](C(=O)O)[C@@H]2CCNC2)c1. The molecular formula is C17H25NO2S. The van der Waals surface area contributed by atoms with Crippen LogP contribution in [-0.2, 0) is 11.2 Å². The molecule has 2 N–H and O–H groups in total. The molecule has 0 spiro atoms. The summed E-state index contributed by atoms with van der Waals surface area (Å²) < 4.78 is 0. The summed E-state index contributed by atoms with van der Waals surface area (Å²) in [5.74, 6) is 0.228. The number of thioether (sulfide) groups is 1. The predicted molar refractivity (Wildman–Crippen MR) is 87.9 cm³/mol. The summed E-state index contributed by atoms with van der Waals surface area (Å²) in [4.78, 5) is 12.6. The van der Waals surface area contributed by atoms with E-state index in [9.17, 15) is 9.90 Å². The van der Waals surface area contributed by atoms with Crippen LogP contribution in [0.25, 0.3) is 0 Å². The molecule has 1 saturated heterocycles. The number of aliphatic carboxylic acids is 1. The monoisotopic (exact) mass is 307 g/mol. The third kappa shape index (κ3) is 5.04. The second-order valence-corrected chi connectivity index (χ2v) is 7.42. The lowest BCUT2D eigenvalue weighted by Crippen LogP contribution is -2.28. The van der Waals surface area contributed by atoms with Crippen LogP contribution in [0, 0.1) is 11.8 Å². The summed E-state index contributed by atoms with van der Waals surface area (Å²) in [7, 11) is 0. The molecule has 1 aliphatic rings. The molecule has 21 heavy (non-hydrogen) atoms. The predicted octanol–water partition coefficient (Wildman–Crippen LogP) is 3.43. The van der Waals surface area contributed by atoms with E-state index in [2.05, 4.69) is 31.3 Å². The fourth-order valence-corrected chi connectivity index (χ4v) is 3.86. The number of carboxylic acids is 1. The lowest BCUT2D eigenvalue weighted by Gasteiger charge is -2.18. The van der Waals surface area contributed by atoms with Gasteiger partial charge in [0, 0.05) is 4.90 Å².